The van der Waals surface area contributed by atoms with E-state index in [9.17, 15) is 4.79 Å². The maximum absolute atomic E-state index is 12.5. The van der Waals surface area contributed by atoms with Gasteiger partial charge in [0.05, 0.1) is 12.2 Å². The molecule has 0 amide bonds. The van der Waals surface area contributed by atoms with Crippen LogP contribution in [0.25, 0.3) is 11.3 Å². The molecular weight excluding hydrogens is 448 g/mol. The molecule has 1 N–H and O–H groups in total. The van der Waals surface area contributed by atoms with Crippen molar-refractivity contribution < 1.29 is 23.7 Å². The van der Waals surface area contributed by atoms with Crippen molar-refractivity contribution in [3.8, 4) is 33.6 Å². The predicted octanol–water partition coefficient (Wildman–Crippen LogP) is 4.70. The van der Waals surface area contributed by atoms with Crippen LogP contribution in [0.5, 0.6) is 22.3 Å². The molecule has 0 fully saturated rings. The van der Waals surface area contributed by atoms with Crippen LogP contribution >= 0.6 is 27.3 Å². The van der Waals surface area contributed by atoms with Crippen molar-refractivity contribution in [2.75, 3.05) is 13.4 Å². The van der Waals surface area contributed by atoms with Gasteiger partial charge in [-0.3, -0.25) is 5.10 Å². The first-order chi connectivity index (χ1) is 13.7. The smallest absolute Gasteiger partial charge is 0.348 e. The number of rotatable bonds is 4. The van der Waals surface area contributed by atoms with Crippen molar-refractivity contribution >= 4 is 33.2 Å². The summed E-state index contributed by atoms with van der Waals surface area (Å²) in [4.78, 5) is 13.1. The van der Waals surface area contributed by atoms with Gasteiger partial charge in [-0.1, -0.05) is 11.3 Å². The quantitative estimate of drug-likeness (QED) is 0.565. The Hall–Kier alpha value is -2.52. The normalized spacial score (nSPS) is 13.8. The summed E-state index contributed by atoms with van der Waals surface area (Å²) >= 11 is 4.80. The molecule has 1 aromatic carbocycles. The number of benzene rings is 1. The highest BCUT2D eigenvalue weighted by Gasteiger charge is 2.33. The number of thiophene rings is 1. The van der Waals surface area contributed by atoms with Crippen molar-refractivity contribution in [2.24, 2.45) is 0 Å². The first-order valence-electron chi connectivity index (χ1n) is 8.79. The van der Waals surface area contributed by atoms with E-state index in [2.05, 4.69) is 26.1 Å². The fraction of sp³-hybridized carbons (Fsp3) is 0.263. The molecule has 1 aliphatic heterocycles. The molecule has 144 valence electrons. The lowest BCUT2D eigenvalue weighted by molar-refractivity contribution is 0.0531. The summed E-state index contributed by atoms with van der Waals surface area (Å²) < 4.78 is 23.1. The minimum absolute atomic E-state index is 0.199. The highest BCUT2D eigenvalue weighted by Crippen LogP contribution is 2.49. The van der Waals surface area contributed by atoms with E-state index in [1.807, 2.05) is 6.07 Å². The largest absolute Gasteiger partial charge is 0.462 e. The fourth-order valence-electron chi connectivity index (χ4n) is 3.43. The Morgan fingerprint density at radius 2 is 2.11 bits per heavy atom. The molecule has 0 radical (unpaired) electrons. The number of halogens is 1. The van der Waals surface area contributed by atoms with Crippen molar-refractivity contribution in [1.29, 1.82) is 0 Å². The summed E-state index contributed by atoms with van der Waals surface area (Å²) in [5.74, 6) is 1.59. The Balaban J connectivity index is 1.60. The molecule has 0 spiro atoms. The van der Waals surface area contributed by atoms with E-state index in [0.29, 0.717) is 33.8 Å². The Morgan fingerprint density at radius 3 is 2.96 bits per heavy atom. The molecule has 3 aromatic rings. The zero-order chi connectivity index (χ0) is 19.3. The lowest BCUT2D eigenvalue weighted by Crippen LogP contribution is -2.09. The second-order valence-electron chi connectivity index (χ2n) is 6.27. The van der Waals surface area contributed by atoms with Crippen LogP contribution in [0, 0.1) is 0 Å². The molecule has 5 rings (SSSR count). The van der Waals surface area contributed by atoms with Gasteiger partial charge in [0.2, 0.25) is 6.79 Å². The molecule has 2 aromatic heterocycles. The average Bonchev–Trinajstić information content (AvgIpc) is 3.39. The molecule has 9 heteroatoms. The van der Waals surface area contributed by atoms with Gasteiger partial charge in [0.15, 0.2) is 16.6 Å². The Morgan fingerprint density at radius 1 is 1.29 bits per heavy atom. The number of aromatic nitrogens is 2. The number of fused-ring (bicyclic) bond motifs is 4. The summed E-state index contributed by atoms with van der Waals surface area (Å²) in [7, 11) is 0. The topological polar surface area (TPSA) is 82.7 Å². The summed E-state index contributed by atoms with van der Waals surface area (Å²) in [6, 6.07) is 5.40. The molecule has 3 heterocycles. The minimum Gasteiger partial charge on any atom is -0.462 e. The lowest BCUT2D eigenvalue weighted by atomic mass is 9.92. The van der Waals surface area contributed by atoms with E-state index in [-0.39, 0.29) is 12.8 Å². The zero-order valence-corrected chi connectivity index (χ0v) is 17.2. The van der Waals surface area contributed by atoms with Crippen LogP contribution in [0.3, 0.4) is 0 Å². The zero-order valence-electron chi connectivity index (χ0n) is 14.8. The Kier molecular flexibility index (Phi) is 4.28. The third-order valence-electron chi connectivity index (χ3n) is 4.67. The Bertz CT molecular complexity index is 1090. The summed E-state index contributed by atoms with van der Waals surface area (Å²) in [5.41, 5.74) is 3.64. The van der Waals surface area contributed by atoms with E-state index in [1.54, 1.807) is 19.1 Å². The maximum atomic E-state index is 12.5. The Labute approximate surface area is 172 Å². The highest BCUT2D eigenvalue weighted by atomic mass is 79.9. The number of hydrogen-bond acceptors (Lipinski definition) is 7. The van der Waals surface area contributed by atoms with Gasteiger partial charge in [-0.15, -0.1) is 0 Å². The number of carbonyl (C=O) groups is 1. The predicted molar refractivity (Wildman–Crippen MR) is 106 cm³/mol. The van der Waals surface area contributed by atoms with Crippen molar-refractivity contribution in [1.82, 2.24) is 10.2 Å². The number of ether oxygens (including phenoxy) is 4. The van der Waals surface area contributed by atoms with Gasteiger partial charge in [-0.25, -0.2) is 4.79 Å². The van der Waals surface area contributed by atoms with Crippen LogP contribution in [0.4, 0.5) is 0 Å². The van der Waals surface area contributed by atoms with E-state index in [4.69, 9.17) is 18.9 Å². The van der Waals surface area contributed by atoms with E-state index in [1.165, 1.54) is 11.3 Å². The van der Waals surface area contributed by atoms with E-state index < -0.39 is 0 Å². The number of aromatic amines is 1. The number of nitrogens with zero attached hydrogens (tertiary/aromatic N) is 1. The molecule has 0 saturated carbocycles. The summed E-state index contributed by atoms with van der Waals surface area (Å²) in [6.45, 7) is 2.32. The van der Waals surface area contributed by atoms with Gasteiger partial charge in [0.25, 0.3) is 0 Å². The molecule has 0 saturated heterocycles. The number of nitrogens with one attached hydrogen (secondary N) is 1. The molecule has 7 nitrogen and oxygen atoms in total. The van der Waals surface area contributed by atoms with Gasteiger partial charge in [0, 0.05) is 11.6 Å². The summed E-state index contributed by atoms with van der Waals surface area (Å²) in [6.07, 6.45) is 1.50. The maximum Gasteiger partial charge on any atom is 0.348 e. The molecule has 2 aliphatic rings. The third kappa shape index (κ3) is 2.77. The molecule has 0 bridgehead atoms. The summed E-state index contributed by atoms with van der Waals surface area (Å²) in [5, 5.41) is 8.01. The van der Waals surface area contributed by atoms with Crippen molar-refractivity contribution in [3.05, 3.63) is 38.8 Å². The van der Waals surface area contributed by atoms with Crippen LogP contribution in [0.2, 0.25) is 0 Å². The van der Waals surface area contributed by atoms with Gasteiger partial charge < -0.3 is 18.9 Å². The molecule has 0 atom stereocenters. The second-order valence-corrected chi connectivity index (χ2v) is 8.05. The lowest BCUT2D eigenvalue weighted by Gasteiger charge is -2.14. The third-order valence-corrected chi connectivity index (χ3v) is 6.41. The van der Waals surface area contributed by atoms with Crippen molar-refractivity contribution in [3.63, 3.8) is 0 Å². The van der Waals surface area contributed by atoms with Crippen LogP contribution in [-0.2, 0) is 17.6 Å². The van der Waals surface area contributed by atoms with Crippen LogP contribution < -0.4 is 14.2 Å². The minimum atomic E-state index is -0.331. The van der Waals surface area contributed by atoms with Crippen LogP contribution in [0.1, 0.15) is 27.7 Å². The first-order valence-corrected chi connectivity index (χ1v) is 10.4. The average molecular weight is 463 g/mol. The van der Waals surface area contributed by atoms with Gasteiger partial charge in [-0.2, -0.15) is 5.10 Å². The van der Waals surface area contributed by atoms with E-state index in [0.717, 1.165) is 39.8 Å². The van der Waals surface area contributed by atoms with Gasteiger partial charge in [-0.05, 0) is 53.4 Å². The molecule has 1 aliphatic carbocycles. The molecule has 28 heavy (non-hydrogen) atoms. The van der Waals surface area contributed by atoms with Crippen LogP contribution in [-0.4, -0.2) is 29.6 Å². The number of hydrogen-bond donors (Lipinski definition) is 1. The fourth-order valence-corrected chi connectivity index (χ4v) is 5.02. The van der Waals surface area contributed by atoms with E-state index >= 15 is 0 Å². The highest BCUT2D eigenvalue weighted by molar-refractivity contribution is 9.10. The van der Waals surface area contributed by atoms with Crippen molar-refractivity contribution in [2.45, 2.75) is 19.8 Å². The number of H-pyrrole nitrogens is 1. The molecular formula is C19H15BrN2O5S. The number of esters is 1. The van der Waals surface area contributed by atoms with Gasteiger partial charge >= 0.3 is 5.97 Å². The standard InChI is InChI=1S/C19H15BrN2O5S/c1-2-24-18(23)16-10-4-5-11-15(21-22-17(11)20)14(10)19(28-16)27-9-3-6-12-13(7-9)26-8-25-12/h3,6-7H,2,4-5,8H2,1H3,(H,21,22). The molecule has 0 unspecified atom stereocenters. The van der Waals surface area contributed by atoms with Gasteiger partial charge in [0.1, 0.15) is 20.9 Å². The number of carbonyl (C=O) groups excluding carboxylic acids is 1. The van der Waals surface area contributed by atoms with Crippen LogP contribution in [0.15, 0.2) is 22.8 Å². The SMILES string of the molecule is CCOC(=O)c1sc(Oc2ccc3c(c2)OCO3)c2c1CCc1c-2n[nH]c1Br. The first kappa shape index (κ1) is 17.6. The monoisotopic (exact) mass is 462 g/mol. The second kappa shape index (κ2) is 6.82.